The third-order valence-electron chi connectivity index (χ3n) is 5.18. The molecule has 1 aromatic heterocycles. The van der Waals surface area contributed by atoms with Gasteiger partial charge in [0.15, 0.2) is 0 Å². The van der Waals surface area contributed by atoms with Crippen molar-refractivity contribution in [3.63, 3.8) is 0 Å². The molecule has 1 unspecified atom stereocenters. The third-order valence-corrected chi connectivity index (χ3v) is 5.18. The van der Waals surface area contributed by atoms with Crippen LogP contribution in [0.3, 0.4) is 0 Å². The van der Waals surface area contributed by atoms with Gasteiger partial charge in [-0.3, -0.25) is 9.69 Å². The van der Waals surface area contributed by atoms with Crippen LogP contribution in [0, 0.1) is 0 Å². The molecule has 2 aliphatic rings. The maximum atomic E-state index is 12.4. The van der Waals surface area contributed by atoms with Crippen molar-refractivity contribution in [2.75, 3.05) is 38.3 Å². The number of carbonyl (C=O) groups excluding carboxylic acids is 2. The number of pyridine rings is 1. The van der Waals surface area contributed by atoms with Crippen molar-refractivity contribution in [1.29, 1.82) is 0 Å². The minimum absolute atomic E-state index is 0.0884. The Kier molecular flexibility index (Phi) is 6.51. The van der Waals surface area contributed by atoms with E-state index in [0.29, 0.717) is 42.6 Å². The second kappa shape index (κ2) is 9.65. The van der Waals surface area contributed by atoms with Crippen LogP contribution < -0.4 is 19.7 Å². The van der Waals surface area contributed by atoms with E-state index in [1.807, 2.05) is 0 Å². The number of nitrogens with zero attached hydrogens (tertiary/aromatic N) is 2. The first-order valence-corrected chi connectivity index (χ1v) is 10.2. The van der Waals surface area contributed by atoms with Crippen molar-refractivity contribution < 1.29 is 28.5 Å². The summed E-state index contributed by atoms with van der Waals surface area (Å²) in [6.45, 7) is 1.91. The van der Waals surface area contributed by atoms with Crippen LogP contribution in [-0.4, -0.2) is 62.6 Å². The summed E-state index contributed by atoms with van der Waals surface area (Å²) in [7, 11) is 1.57. The number of rotatable bonds is 7. The number of anilines is 1. The number of hydrogen-bond acceptors (Lipinski definition) is 7. The average Bonchev–Trinajstić information content (AvgIpc) is 3.19. The molecule has 2 saturated heterocycles. The molecule has 3 heterocycles. The van der Waals surface area contributed by atoms with E-state index in [4.69, 9.17) is 18.9 Å². The Balaban J connectivity index is 1.28. The third kappa shape index (κ3) is 5.24. The second-order valence-corrected chi connectivity index (χ2v) is 7.34. The summed E-state index contributed by atoms with van der Waals surface area (Å²) in [6, 6.07) is 10.5. The van der Waals surface area contributed by atoms with Gasteiger partial charge in [-0.2, -0.15) is 0 Å². The molecule has 0 spiro atoms. The monoisotopic (exact) mass is 427 g/mol. The molecular formula is C22H25N3O6. The average molecular weight is 427 g/mol. The van der Waals surface area contributed by atoms with E-state index < -0.39 is 12.2 Å². The predicted octanol–water partition coefficient (Wildman–Crippen LogP) is 2.40. The Hall–Kier alpha value is -3.33. The van der Waals surface area contributed by atoms with Gasteiger partial charge in [0.1, 0.15) is 18.0 Å². The number of aromatic nitrogens is 1. The largest absolute Gasteiger partial charge is 0.497 e. The maximum Gasteiger partial charge on any atom is 0.414 e. The lowest BCUT2D eigenvalue weighted by Gasteiger charge is -2.22. The Morgan fingerprint density at radius 3 is 2.84 bits per heavy atom. The van der Waals surface area contributed by atoms with E-state index in [2.05, 4.69) is 10.3 Å². The van der Waals surface area contributed by atoms with Crippen LogP contribution >= 0.6 is 0 Å². The number of benzene rings is 1. The number of methoxy groups -OCH3 is 1. The highest BCUT2D eigenvalue weighted by Crippen LogP contribution is 2.25. The van der Waals surface area contributed by atoms with Crippen LogP contribution in [0.1, 0.15) is 23.2 Å². The molecule has 0 bridgehead atoms. The Morgan fingerprint density at radius 1 is 1.26 bits per heavy atom. The summed E-state index contributed by atoms with van der Waals surface area (Å²) in [5.74, 6) is 0.849. The molecule has 1 N–H and O–H groups in total. The molecule has 2 aliphatic heterocycles. The minimum Gasteiger partial charge on any atom is -0.497 e. The molecule has 1 aromatic carbocycles. The van der Waals surface area contributed by atoms with Crippen LogP contribution in [0.2, 0.25) is 0 Å². The number of cyclic esters (lactones) is 1. The molecule has 2 amide bonds. The minimum atomic E-state index is -0.455. The summed E-state index contributed by atoms with van der Waals surface area (Å²) >= 11 is 0. The first kappa shape index (κ1) is 20.9. The van der Waals surface area contributed by atoms with Gasteiger partial charge in [0.2, 0.25) is 5.88 Å². The van der Waals surface area contributed by atoms with E-state index in [1.165, 1.54) is 11.1 Å². The molecule has 2 fully saturated rings. The fourth-order valence-electron chi connectivity index (χ4n) is 3.47. The lowest BCUT2D eigenvalue weighted by Crippen LogP contribution is -2.34. The van der Waals surface area contributed by atoms with Crippen molar-refractivity contribution >= 4 is 17.7 Å². The van der Waals surface area contributed by atoms with Crippen LogP contribution in [0.15, 0.2) is 42.6 Å². The summed E-state index contributed by atoms with van der Waals surface area (Å²) < 4.78 is 21.7. The molecule has 9 nitrogen and oxygen atoms in total. The fraction of sp³-hybridized carbons (Fsp3) is 0.409. The van der Waals surface area contributed by atoms with E-state index in [0.717, 1.165) is 12.8 Å². The first-order chi connectivity index (χ1) is 15.1. The van der Waals surface area contributed by atoms with Gasteiger partial charge in [0.25, 0.3) is 5.91 Å². The number of amides is 2. The number of carbonyl (C=O) groups is 2. The highest BCUT2D eigenvalue weighted by Gasteiger charge is 2.32. The summed E-state index contributed by atoms with van der Waals surface area (Å²) in [5.41, 5.74) is 1.09. The molecule has 1 atom stereocenters. The van der Waals surface area contributed by atoms with E-state index >= 15 is 0 Å². The van der Waals surface area contributed by atoms with Gasteiger partial charge in [0.05, 0.1) is 44.7 Å². The van der Waals surface area contributed by atoms with Gasteiger partial charge in [0, 0.05) is 31.2 Å². The standard InChI is InChI=1S/C22H25N3O6/c1-28-18-4-2-3-16(11-18)25-14-19(31-22(25)27)13-24-21(26)15-5-6-20(23-12-15)30-17-7-9-29-10-8-17/h2-6,11-12,17,19H,7-10,13-14H2,1H3,(H,24,26). The summed E-state index contributed by atoms with van der Waals surface area (Å²) in [4.78, 5) is 30.4. The lowest BCUT2D eigenvalue weighted by atomic mass is 10.1. The smallest absolute Gasteiger partial charge is 0.414 e. The zero-order valence-corrected chi connectivity index (χ0v) is 17.3. The molecular weight excluding hydrogens is 402 g/mol. The molecule has 2 aromatic rings. The van der Waals surface area contributed by atoms with Crippen molar-refractivity contribution in [3.8, 4) is 11.6 Å². The Morgan fingerprint density at radius 2 is 2.10 bits per heavy atom. The molecule has 164 valence electrons. The lowest BCUT2D eigenvalue weighted by molar-refractivity contribution is 0.0237. The quantitative estimate of drug-likeness (QED) is 0.724. The predicted molar refractivity (Wildman–Crippen MR) is 112 cm³/mol. The summed E-state index contributed by atoms with van der Waals surface area (Å²) in [5, 5.41) is 2.79. The van der Waals surface area contributed by atoms with Gasteiger partial charge in [-0.15, -0.1) is 0 Å². The zero-order valence-electron chi connectivity index (χ0n) is 17.3. The van der Waals surface area contributed by atoms with E-state index in [9.17, 15) is 9.59 Å². The second-order valence-electron chi connectivity index (χ2n) is 7.34. The zero-order chi connectivity index (χ0) is 21.6. The first-order valence-electron chi connectivity index (χ1n) is 10.2. The van der Waals surface area contributed by atoms with Crippen molar-refractivity contribution in [1.82, 2.24) is 10.3 Å². The maximum absolute atomic E-state index is 12.4. The van der Waals surface area contributed by atoms with Crippen molar-refractivity contribution in [3.05, 3.63) is 48.2 Å². The van der Waals surface area contributed by atoms with Gasteiger partial charge >= 0.3 is 6.09 Å². The molecule has 4 rings (SSSR count). The number of ether oxygens (including phenoxy) is 4. The molecule has 9 heteroatoms. The SMILES string of the molecule is COc1cccc(N2CC(CNC(=O)c3ccc(OC4CCOCC4)nc3)OC2=O)c1. The molecule has 0 aliphatic carbocycles. The van der Waals surface area contributed by atoms with Crippen LogP contribution in [-0.2, 0) is 9.47 Å². The highest BCUT2D eigenvalue weighted by atomic mass is 16.6. The molecule has 31 heavy (non-hydrogen) atoms. The van der Waals surface area contributed by atoms with Crippen molar-refractivity contribution in [2.45, 2.75) is 25.0 Å². The van der Waals surface area contributed by atoms with Crippen LogP contribution in [0.4, 0.5) is 10.5 Å². The highest BCUT2D eigenvalue weighted by molar-refractivity contribution is 5.94. The van der Waals surface area contributed by atoms with Gasteiger partial charge in [-0.25, -0.2) is 9.78 Å². The topological polar surface area (TPSA) is 99.2 Å². The number of hydrogen-bond donors (Lipinski definition) is 1. The molecule has 0 radical (unpaired) electrons. The van der Waals surface area contributed by atoms with Crippen molar-refractivity contribution in [2.24, 2.45) is 0 Å². The fourth-order valence-corrected chi connectivity index (χ4v) is 3.47. The Labute approximate surface area is 180 Å². The molecule has 0 saturated carbocycles. The van der Waals surface area contributed by atoms with Crippen LogP contribution in [0.25, 0.3) is 0 Å². The Bertz CT molecular complexity index is 914. The van der Waals surface area contributed by atoms with Gasteiger partial charge in [-0.1, -0.05) is 6.07 Å². The van der Waals surface area contributed by atoms with E-state index in [-0.39, 0.29) is 18.6 Å². The normalized spacial score (nSPS) is 19.1. The van der Waals surface area contributed by atoms with Gasteiger partial charge < -0.3 is 24.3 Å². The number of nitrogens with one attached hydrogen (secondary N) is 1. The summed E-state index contributed by atoms with van der Waals surface area (Å²) in [6.07, 6.45) is 2.32. The van der Waals surface area contributed by atoms with Crippen LogP contribution in [0.5, 0.6) is 11.6 Å². The van der Waals surface area contributed by atoms with E-state index in [1.54, 1.807) is 43.5 Å². The van der Waals surface area contributed by atoms with Gasteiger partial charge in [-0.05, 0) is 18.2 Å².